The van der Waals surface area contributed by atoms with E-state index in [0.29, 0.717) is 6.54 Å². The number of hydrogen-bond donors (Lipinski definition) is 2. The predicted molar refractivity (Wildman–Crippen MR) is 84.4 cm³/mol. The Bertz CT molecular complexity index is 648. The van der Waals surface area contributed by atoms with Gasteiger partial charge in [-0.1, -0.05) is 23.4 Å². The molecule has 3 N–H and O–H groups in total. The second-order valence-corrected chi connectivity index (χ2v) is 6.18. The molecule has 3 nitrogen and oxygen atoms in total. The third-order valence-electron chi connectivity index (χ3n) is 3.25. The van der Waals surface area contributed by atoms with Gasteiger partial charge in [-0.2, -0.15) is 0 Å². The van der Waals surface area contributed by atoms with Gasteiger partial charge in [0.05, 0.1) is 11.4 Å². The van der Waals surface area contributed by atoms with Gasteiger partial charge in [-0.15, -0.1) is 0 Å². The summed E-state index contributed by atoms with van der Waals surface area (Å²) in [5.74, 6) is 0.285. The quantitative estimate of drug-likeness (QED) is 0.900. The Labute approximate surface area is 127 Å². The predicted octanol–water partition coefficient (Wildman–Crippen LogP) is 4.00. The summed E-state index contributed by atoms with van der Waals surface area (Å²) in [5, 5.41) is 10.4. The zero-order valence-corrected chi connectivity index (χ0v) is 12.4. The third-order valence-corrected chi connectivity index (χ3v) is 4.60. The Balaban J connectivity index is 2.09. The van der Waals surface area contributed by atoms with Gasteiger partial charge in [-0.3, -0.25) is 0 Å². The third kappa shape index (κ3) is 2.46. The Hall–Kier alpha value is -1.36. The zero-order valence-electron chi connectivity index (χ0n) is 10.8. The van der Waals surface area contributed by atoms with Crippen molar-refractivity contribution in [2.45, 2.75) is 16.2 Å². The Kier molecular flexibility index (Phi) is 3.78. The first kappa shape index (κ1) is 13.6. The topological polar surface area (TPSA) is 49.5 Å². The SMILES string of the molecule is NCCCN1c2ccc(O)cc2Sc2ccc(Cl)cc21. The van der Waals surface area contributed by atoms with Gasteiger partial charge >= 0.3 is 0 Å². The normalized spacial score (nSPS) is 13.0. The number of phenols is 1. The molecule has 1 aliphatic heterocycles. The van der Waals surface area contributed by atoms with E-state index in [4.69, 9.17) is 17.3 Å². The average molecular weight is 307 g/mol. The highest BCUT2D eigenvalue weighted by atomic mass is 35.5. The van der Waals surface area contributed by atoms with Crippen LogP contribution < -0.4 is 10.6 Å². The molecule has 0 unspecified atom stereocenters. The summed E-state index contributed by atoms with van der Waals surface area (Å²) in [6, 6.07) is 11.3. The fraction of sp³-hybridized carbons (Fsp3) is 0.200. The molecular weight excluding hydrogens is 292 g/mol. The van der Waals surface area contributed by atoms with Crippen LogP contribution in [-0.2, 0) is 0 Å². The van der Waals surface area contributed by atoms with E-state index in [1.807, 2.05) is 24.3 Å². The minimum atomic E-state index is 0.285. The molecule has 0 aromatic heterocycles. The lowest BCUT2D eigenvalue weighted by Crippen LogP contribution is -2.23. The van der Waals surface area contributed by atoms with Crippen molar-refractivity contribution < 1.29 is 5.11 Å². The second kappa shape index (κ2) is 5.56. The number of fused-ring (bicyclic) bond motifs is 2. The van der Waals surface area contributed by atoms with Crippen molar-refractivity contribution in [2.75, 3.05) is 18.0 Å². The highest BCUT2D eigenvalue weighted by Gasteiger charge is 2.23. The molecule has 2 aromatic carbocycles. The fourth-order valence-corrected chi connectivity index (χ4v) is 3.61. The first-order valence-electron chi connectivity index (χ1n) is 6.47. The number of benzene rings is 2. The van der Waals surface area contributed by atoms with Crippen LogP contribution in [0.15, 0.2) is 46.2 Å². The molecule has 20 heavy (non-hydrogen) atoms. The number of anilines is 2. The van der Waals surface area contributed by atoms with Crippen LogP contribution in [0.2, 0.25) is 5.02 Å². The number of phenolic OH excluding ortho intramolecular Hbond substituents is 1. The van der Waals surface area contributed by atoms with Crippen molar-refractivity contribution in [3.05, 3.63) is 41.4 Å². The van der Waals surface area contributed by atoms with E-state index >= 15 is 0 Å². The van der Waals surface area contributed by atoms with Crippen molar-refractivity contribution in [1.82, 2.24) is 0 Å². The van der Waals surface area contributed by atoms with Gasteiger partial charge in [0.25, 0.3) is 0 Å². The zero-order chi connectivity index (χ0) is 14.1. The molecule has 3 rings (SSSR count). The molecule has 1 aliphatic rings. The number of hydrogen-bond acceptors (Lipinski definition) is 4. The molecule has 2 aromatic rings. The molecule has 5 heteroatoms. The van der Waals surface area contributed by atoms with Crippen LogP contribution in [0.5, 0.6) is 5.75 Å². The molecule has 0 saturated carbocycles. The number of nitrogens with zero attached hydrogens (tertiary/aromatic N) is 1. The van der Waals surface area contributed by atoms with Gasteiger partial charge in [0.2, 0.25) is 0 Å². The molecule has 0 radical (unpaired) electrons. The van der Waals surface area contributed by atoms with E-state index in [2.05, 4.69) is 4.90 Å². The van der Waals surface area contributed by atoms with Crippen LogP contribution in [0.25, 0.3) is 0 Å². The number of rotatable bonds is 3. The van der Waals surface area contributed by atoms with Gasteiger partial charge in [0.1, 0.15) is 5.75 Å². The van der Waals surface area contributed by atoms with Crippen molar-refractivity contribution in [2.24, 2.45) is 5.73 Å². The summed E-state index contributed by atoms with van der Waals surface area (Å²) in [7, 11) is 0. The highest BCUT2D eigenvalue weighted by molar-refractivity contribution is 7.99. The smallest absolute Gasteiger partial charge is 0.116 e. The van der Waals surface area contributed by atoms with Crippen LogP contribution >= 0.6 is 23.4 Å². The minimum Gasteiger partial charge on any atom is -0.508 e. The van der Waals surface area contributed by atoms with E-state index < -0.39 is 0 Å². The van der Waals surface area contributed by atoms with E-state index in [0.717, 1.165) is 39.2 Å². The fourth-order valence-electron chi connectivity index (χ4n) is 2.33. The van der Waals surface area contributed by atoms with E-state index in [9.17, 15) is 5.11 Å². The van der Waals surface area contributed by atoms with E-state index in [-0.39, 0.29) is 5.75 Å². The van der Waals surface area contributed by atoms with Crippen molar-refractivity contribution in [1.29, 1.82) is 0 Å². The summed E-state index contributed by atoms with van der Waals surface area (Å²) in [6.45, 7) is 1.48. The standard InChI is InChI=1S/C15H15ClN2OS/c16-10-2-5-14-13(8-10)18(7-1-6-17)12-4-3-11(19)9-15(12)20-14/h2-5,8-9,19H,1,6-7,17H2. The lowest BCUT2D eigenvalue weighted by Gasteiger charge is -2.33. The summed E-state index contributed by atoms with van der Waals surface area (Å²) in [6.07, 6.45) is 0.900. The van der Waals surface area contributed by atoms with E-state index in [1.54, 1.807) is 23.9 Å². The van der Waals surface area contributed by atoms with Crippen molar-refractivity contribution >= 4 is 34.7 Å². The van der Waals surface area contributed by atoms with Crippen LogP contribution in [0.4, 0.5) is 11.4 Å². The molecule has 1 heterocycles. The highest BCUT2D eigenvalue weighted by Crippen LogP contribution is 2.49. The Morgan fingerprint density at radius 2 is 1.95 bits per heavy atom. The Morgan fingerprint density at radius 1 is 1.10 bits per heavy atom. The largest absolute Gasteiger partial charge is 0.508 e. The summed E-state index contributed by atoms with van der Waals surface area (Å²) in [4.78, 5) is 4.42. The van der Waals surface area contributed by atoms with Crippen molar-refractivity contribution in [3.8, 4) is 5.75 Å². The number of nitrogens with two attached hydrogens (primary N) is 1. The number of halogens is 1. The molecule has 0 aliphatic carbocycles. The average Bonchev–Trinajstić information content (AvgIpc) is 2.43. The van der Waals surface area contributed by atoms with Gasteiger partial charge in [-0.05, 0) is 49.4 Å². The van der Waals surface area contributed by atoms with Crippen LogP contribution in [0.3, 0.4) is 0 Å². The maximum Gasteiger partial charge on any atom is 0.116 e. The molecule has 104 valence electrons. The molecule has 0 bridgehead atoms. The maximum atomic E-state index is 9.67. The maximum absolute atomic E-state index is 9.67. The minimum absolute atomic E-state index is 0.285. The van der Waals surface area contributed by atoms with Crippen LogP contribution in [-0.4, -0.2) is 18.2 Å². The molecule has 0 atom stereocenters. The molecule has 0 amide bonds. The lowest BCUT2D eigenvalue weighted by molar-refractivity contribution is 0.474. The summed E-state index contributed by atoms with van der Waals surface area (Å²) < 4.78 is 0. The Morgan fingerprint density at radius 3 is 2.75 bits per heavy atom. The molecule has 0 saturated heterocycles. The molecule has 0 fully saturated rings. The van der Waals surface area contributed by atoms with E-state index in [1.165, 1.54) is 0 Å². The van der Waals surface area contributed by atoms with Crippen molar-refractivity contribution in [3.63, 3.8) is 0 Å². The number of aromatic hydroxyl groups is 1. The van der Waals surface area contributed by atoms with Gasteiger partial charge < -0.3 is 15.7 Å². The van der Waals surface area contributed by atoms with Crippen LogP contribution in [0, 0.1) is 0 Å². The second-order valence-electron chi connectivity index (χ2n) is 4.66. The monoisotopic (exact) mass is 306 g/mol. The summed E-state index contributed by atoms with van der Waals surface area (Å²) in [5.41, 5.74) is 7.84. The lowest BCUT2D eigenvalue weighted by atomic mass is 10.2. The van der Waals surface area contributed by atoms with Crippen LogP contribution in [0.1, 0.15) is 6.42 Å². The molecular formula is C15H15ClN2OS. The van der Waals surface area contributed by atoms with Gasteiger partial charge in [0.15, 0.2) is 0 Å². The summed E-state index contributed by atoms with van der Waals surface area (Å²) >= 11 is 7.78. The first-order chi connectivity index (χ1) is 9.69. The molecule has 0 spiro atoms. The first-order valence-corrected chi connectivity index (χ1v) is 7.66. The van der Waals surface area contributed by atoms with Gasteiger partial charge in [0, 0.05) is 21.4 Å². The van der Waals surface area contributed by atoms with Gasteiger partial charge in [-0.25, -0.2) is 0 Å².